The summed E-state index contributed by atoms with van der Waals surface area (Å²) in [5.74, 6) is 1.03. The zero-order valence-electron chi connectivity index (χ0n) is 17.0. The van der Waals surface area contributed by atoms with Gasteiger partial charge in [-0.3, -0.25) is 9.79 Å². The third-order valence-corrected chi connectivity index (χ3v) is 4.75. The summed E-state index contributed by atoms with van der Waals surface area (Å²) in [6.45, 7) is 1.91. The molecule has 0 spiro atoms. The molecule has 1 aromatic rings. The zero-order chi connectivity index (χ0) is 21.2. The lowest BCUT2D eigenvalue weighted by Gasteiger charge is -2.34. The first-order valence-corrected chi connectivity index (χ1v) is 9.86. The van der Waals surface area contributed by atoms with Gasteiger partial charge in [-0.1, -0.05) is 6.07 Å². The average molecular weight is 412 g/mol. The van der Waals surface area contributed by atoms with Gasteiger partial charge in [0.1, 0.15) is 0 Å². The predicted octanol–water partition coefficient (Wildman–Crippen LogP) is 2.39. The van der Waals surface area contributed by atoms with Crippen molar-refractivity contribution in [1.29, 1.82) is 0 Å². The summed E-state index contributed by atoms with van der Waals surface area (Å²) in [6, 6.07) is 4.97. The first-order chi connectivity index (χ1) is 13.9. The van der Waals surface area contributed by atoms with Gasteiger partial charge in [0.25, 0.3) is 0 Å². The van der Waals surface area contributed by atoms with Gasteiger partial charge in [-0.05, 0) is 49.8 Å². The van der Waals surface area contributed by atoms with Crippen molar-refractivity contribution in [3.05, 3.63) is 23.8 Å². The molecule has 1 saturated heterocycles. The van der Waals surface area contributed by atoms with E-state index in [0.717, 1.165) is 44.0 Å². The van der Waals surface area contributed by atoms with Crippen molar-refractivity contribution in [2.75, 3.05) is 33.3 Å². The number of primary amides is 1. The maximum atomic E-state index is 12.6. The first-order valence-electron chi connectivity index (χ1n) is 9.86. The number of ether oxygens (including phenoxy) is 2. The third-order valence-electron chi connectivity index (χ3n) is 4.75. The highest BCUT2D eigenvalue weighted by Crippen LogP contribution is 2.29. The van der Waals surface area contributed by atoms with E-state index in [9.17, 15) is 13.6 Å². The van der Waals surface area contributed by atoms with Crippen molar-refractivity contribution < 1.29 is 23.0 Å². The fraction of sp³-hybridized carbons (Fsp3) is 0.600. The number of hydrogen-bond donors (Lipinski definition) is 2. The number of benzene rings is 1. The first kappa shape index (κ1) is 22.7. The van der Waals surface area contributed by atoms with Crippen LogP contribution in [-0.2, 0) is 11.2 Å². The molecule has 0 aliphatic carbocycles. The molecule has 1 heterocycles. The highest BCUT2D eigenvalue weighted by molar-refractivity contribution is 5.80. The monoisotopic (exact) mass is 412 g/mol. The molecule has 1 aliphatic heterocycles. The highest BCUT2D eigenvalue weighted by atomic mass is 19.3. The Morgan fingerprint density at radius 3 is 2.86 bits per heavy atom. The summed E-state index contributed by atoms with van der Waals surface area (Å²) >= 11 is 0. The number of halogens is 2. The molecule has 1 unspecified atom stereocenters. The van der Waals surface area contributed by atoms with Gasteiger partial charge in [-0.2, -0.15) is 8.78 Å². The van der Waals surface area contributed by atoms with Crippen LogP contribution < -0.4 is 20.5 Å². The van der Waals surface area contributed by atoms with E-state index in [1.165, 1.54) is 7.11 Å². The van der Waals surface area contributed by atoms with Gasteiger partial charge >= 0.3 is 6.61 Å². The molecule has 0 saturated carbocycles. The van der Waals surface area contributed by atoms with Gasteiger partial charge in [0, 0.05) is 32.6 Å². The van der Waals surface area contributed by atoms with E-state index in [4.69, 9.17) is 10.5 Å². The molecule has 0 bridgehead atoms. The van der Waals surface area contributed by atoms with Crippen LogP contribution in [0.15, 0.2) is 23.2 Å². The molecule has 0 aromatic heterocycles. The highest BCUT2D eigenvalue weighted by Gasteiger charge is 2.23. The maximum absolute atomic E-state index is 12.6. The Morgan fingerprint density at radius 2 is 2.21 bits per heavy atom. The summed E-state index contributed by atoms with van der Waals surface area (Å²) in [7, 11) is 1.41. The van der Waals surface area contributed by atoms with Crippen LogP contribution in [0.1, 0.15) is 31.7 Å². The van der Waals surface area contributed by atoms with E-state index in [0.29, 0.717) is 19.4 Å². The number of rotatable bonds is 9. The minimum Gasteiger partial charge on any atom is -0.493 e. The standard InChI is InChI=1S/C20H30F2N4O3/c1-3-24-20(26-10-4-5-15(13-26)12-18(23)27)25-9-8-14-6-7-16(28-2)17(11-14)29-19(21)22/h6-7,11,15,19H,3-5,8-10,12-13H2,1-2H3,(H2,23,27)(H,24,25). The minimum absolute atomic E-state index is 0.0150. The number of hydrogen-bond acceptors (Lipinski definition) is 4. The molecule has 3 N–H and O–H groups in total. The van der Waals surface area contributed by atoms with Gasteiger partial charge < -0.3 is 25.4 Å². The van der Waals surface area contributed by atoms with Crippen LogP contribution in [-0.4, -0.2) is 56.7 Å². The lowest BCUT2D eigenvalue weighted by molar-refractivity contribution is -0.119. The molecule has 1 fully saturated rings. The Bertz CT molecular complexity index is 700. The second kappa shape index (κ2) is 11.4. The SMILES string of the molecule is CCNC(=NCCc1ccc(OC)c(OC(F)F)c1)N1CCCC(CC(N)=O)C1. The van der Waals surface area contributed by atoms with Crippen molar-refractivity contribution >= 4 is 11.9 Å². The lowest BCUT2D eigenvalue weighted by atomic mass is 9.95. The molecule has 1 aromatic carbocycles. The number of carbonyl (C=O) groups excluding carboxylic acids is 1. The Hall–Kier alpha value is -2.58. The number of methoxy groups -OCH3 is 1. The van der Waals surface area contributed by atoms with Gasteiger partial charge in [0.2, 0.25) is 5.91 Å². The van der Waals surface area contributed by atoms with Crippen molar-refractivity contribution in [2.24, 2.45) is 16.6 Å². The fourth-order valence-corrected chi connectivity index (χ4v) is 3.49. The van der Waals surface area contributed by atoms with Gasteiger partial charge in [0.15, 0.2) is 17.5 Å². The summed E-state index contributed by atoms with van der Waals surface area (Å²) < 4.78 is 34.8. The minimum atomic E-state index is -2.91. The van der Waals surface area contributed by atoms with Crippen LogP contribution in [0.4, 0.5) is 8.78 Å². The van der Waals surface area contributed by atoms with Crippen molar-refractivity contribution in [2.45, 2.75) is 39.2 Å². The van der Waals surface area contributed by atoms with Gasteiger partial charge in [-0.15, -0.1) is 0 Å². The lowest BCUT2D eigenvalue weighted by Crippen LogP contribution is -2.47. The number of carbonyl (C=O) groups is 1. The Morgan fingerprint density at radius 1 is 1.41 bits per heavy atom. The molecule has 1 atom stereocenters. The average Bonchev–Trinajstić information content (AvgIpc) is 2.67. The van der Waals surface area contributed by atoms with E-state index in [1.54, 1.807) is 12.1 Å². The van der Waals surface area contributed by atoms with Crippen LogP contribution in [0.3, 0.4) is 0 Å². The number of piperidine rings is 1. The molecule has 9 heteroatoms. The van der Waals surface area contributed by atoms with E-state index in [-0.39, 0.29) is 23.3 Å². The maximum Gasteiger partial charge on any atom is 0.387 e. The Kier molecular flexibility index (Phi) is 8.95. The van der Waals surface area contributed by atoms with Crippen LogP contribution in [0.2, 0.25) is 0 Å². The normalized spacial score (nSPS) is 17.3. The number of alkyl halides is 2. The fourth-order valence-electron chi connectivity index (χ4n) is 3.49. The van der Waals surface area contributed by atoms with Crippen LogP contribution >= 0.6 is 0 Å². The number of amides is 1. The predicted molar refractivity (Wildman–Crippen MR) is 107 cm³/mol. The largest absolute Gasteiger partial charge is 0.493 e. The van der Waals surface area contributed by atoms with Crippen molar-refractivity contribution in [3.8, 4) is 11.5 Å². The van der Waals surface area contributed by atoms with Gasteiger partial charge in [-0.25, -0.2) is 0 Å². The molecule has 162 valence electrons. The van der Waals surface area contributed by atoms with Crippen LogP contribution in [0.25, 0.3) is 0 Å². The number of guanidine groups is 1. The molecule has 1 aliphatic rings. The van der Waals surface area contributed by atoms with Crippen molar-refractivity contribution in [1.82, 2.24) is 10.2 Å². The Labute approximate surface area is 170 Å². The van der Waals surface area contributed by atoms with Crippen molar-refractivity contribution in [3.63, 3.8) is 0 Å². The van der Waals surface area contributed by atoms with E-state index < -0.39 is 6.61 Å². The second-order valence-corrected chi connectivity index (χ2v) is 6.97. The van der Waals surface area contributed by atoms with E-state index in [1.807, 2.05) is 13.0 Å². The molecular formula is C20H30F2N4O3. The van der Waals surface area contributed by atoms with Crippen LogP contribution in [0.5, 0.6) is 11.5 Å². The summed E-state index contributed by atoms with van der Waals surface area (Å²) in [5, 5.41) is 3.28. The Balaban J connectivity index is 2.02. The molecule has 7 nitrogen and oxygen atoms in total. The number of likely N-dealkylation sites (tertiary alicyclic amines) is 1. The molecule has 2 rings (SSSR count). The molecular weight excluding hydrogens is 382 g/mol. The zero-order valence-corrected chi connectivity index (χ0v) is 17.0. The molecule has 29 heavy (non-hydrogen) atoms. The number of nitrogens with two attached hydrogens (primary N) is 1. The summed E-state index contributed by atoms with van der Waals surface area (Å²) in [4.78, 5) is 18.1. The number of nitrogens with zero attached hydrogens (tertiary/aromatic N) is 2. The summed E-state index contributed by atoms with van der Waals surface area (Å²) in [5.41, 5.74) is 6.17. The number of aliphatic imine (C=N–C) groups is 1. The smallest absolute Gasteiger partial charge is 0.387 e. The topological polar surface area (TPSA) is 89.2 Å². The molecule has 1 amide bonds. The van der Waals surface area contributed by atoms with E-state index >= 15 is 0 Å². The summed E-state index contributed by atoms with van der Waals surface area (Å²) in [6.07, 6.45) is 2.92. The van der Waals surface area contributed by atoms with Gasteiger partial charge in [0.05, 0.1) is 7.11 Å². The molecule has 0 radical (unpaired) electrons. The van der Waals surface area contributed by atoms with E-state index in [2.05, 4.69) is 19.9 Å². The second-order valence-electron chi connectivity index (χ2n) is 6.97. The third kappa shape index (κ3) is 7.40. The number of nitrogens with one attached hydrogen (secondary N) is 1. The van der Waals surface area contributed by atoms with Crippen LogP contribution in [0, 0.1) is 5.92 Å². The quantitative estimate of drug-likeness (QED) is 0.480.